The van der Waals surface area contributed by atoms with E-state index in [1.54, 1.807) is 38.1 Å². The van der Waals surface area contributed by atoms with Crippen molar-refractivity contribution in [1.82, 2.24) is 15.1 Å². The molecule has 0 fully saturated rings. The van der Waals surface area contributed by atoms with Crippen molar-refractivity contribution < 1.29 is 17.6 Å². The second-order valence-corrected chi connectivity index (χ2v) is 9.26. The number of hydrogen-bond acceptors (Lipinski definition) is 6. The van der Waals surface area contributed by atoms with E-state index in [0.29, 0.717) is 23.6 Å². The zero-order chi connectivity index (χ0) is 20.0. The largest absolute Gasteiger partial charge is 0.419 e. The Labute approximate surface area is 164 Å². The van der Waals surface area contributed by atoms with Gasteiger partial charge in [-0.25, -0.2) is 8.42 Å². The van der Waals surface area contributed by atoms with Crippen molar-refractivity contribution in [2.75, 3.05) is 18.1 Å². The number of carbonyl (C=O) groups excluding carboxylic acids is 1. The van der Waals surface area contributed by atoms with E-state index < -0.39 is 21.5 Å². The van der Waals surface area contributed by atoms with E-state index in [9.17, 15) is 13.2 Å². The van der Waals surface area contributed by atoms with Crippen LogP contribution >= 0.6 is 11.6 Å². The Morgan fingerprint density at radius 2 is 1.96 bits per heavy atom. The summed E-state index contributed by atoms with van der Waals surface area (Å²) in [5.41, 5.74) is 0.603. The van der Waals surface area contributed by atoms with Gasteiger partial charge < -0.3 is 9.32 Å². The zero-order valence-electron chi connectivity index (χ0n) is 15.7. The predicted molar refractivity (Wildman–Crippen MR) is 104 cm³/mol. The van der Waals surface area contributed by atoms with Crippen molar-refractivity contribution >= 4 is 27.3 Å². The molecule has 0 aliphatic heterocycles. The standard InChI is InChI=1S/C18H24ClN3O4S/c1-4-9-22(17(23)12-27(24,25)11-13(2)3)10-16-20-21-18(26-16)14-7-5-6-8-15(14)19/h5-8,13H,4,9-12H2,1-3H3. The van der Waals surface area contributed by atoms with Crippen LogP contribution in [0.15, 0.2) is 28.7 Å². The predicted octanol–water partition coefficient (Wildman–Crippen LogP) is 3.20. The fourth-order valence-electron chi connectivity index (χ4n) is 2.63. The van der Waals surface area contributed by atoms with E-state index in [2.05, 4.69) is 10.2 Å². The van der Waals surface area contributed by atoms with Gasteiger partial charge in [0, 0.05) is 6.54 Å². The number of amides is 1. The molecule has 0 aliphatic carbocycles. The van der Waals surface area contributed by atoms with E-state index in [1.165, 1.54) is 4.90 Å². The first-order valence-corrected chi connectivity index (χ1v) is 11.0. The second kappa shape index (κ2) is 9.32. The van der Waals surface area contributed by atoms with Crippen LogP contribution in [0.25, 0.3) is 11.5 Å². The van der Waals surface area contributed by atoms with Crippen LogP contribution in [0.5, 0.6) is 0 Å². The first-order chi connectivity index (χ1) is 12.7. The molecule has 7 nitrogen and oxygen atoms in total. The summed E-state index contributed by atoms with van der Waals surface area (Å²) in [7, 11) is -3.45. The molecule has 1 aromatic carbocycles. The molecule has 0 aliphatic rings. The Morgan fingerprint density at radius 1 is 1.26 bits per heavy atom. The van der Waals surface area contributed by atoms with Crippen LogP contribution in [0.3, 0.4) is 0 Å². The molecule has 1 amide bonds. The molecule has 0 radical (unpaired) electrons. The molecular weight excluding hydrogens is 390 g/mol. The fourth-order valence-corrected chi connectivity index (χ4v) is 4.54. The third-order valence-electron chi connectivity index (χ3n) is 3.67. The second-order valence-electron chi connectivity index (χ2n) is 6.74. The maximum Gasteiger partial charge on any atom is 0.249 e. The van der Waals surface area contributed by atoms with Gasteiger partial charge in [-0.2, -0.15) is 0 Å². The summed E-state index contributed by atoms with van der Waals surface area (Å²) < 4.78 is 29.9. The monoisotopic (exact) mass is 413 g/mol. The van der Waals surface area contributed by atoms with Gasteiger partial charge in [-0.3, -0.25) is 4.79 Å². The van der Waals surface area contributed by atoms with Crippen LogP contribution < -0.4 is 0 Å². The van der Waals surface area contributed by atoms with E-state index >= 15 is 0 Å². The highest BCUT2D eigenvalue weighted by Gasteiger charge is 2.24. The van der Waals surface area contributed by atoms with E-state index in [4.69, 9.17) is 16.0 Å². The number of carbonyl (C=O) groups is 1. The van der Waals surface area contributed by atoms with Gasteiger partial charge >= 0.3 is 0 Å². The highest BCUT2D eigenvalue weighted by Crippen LogP contribution is 2.26. The van der Waals surface area contributed by atoms with Gasteiger partial charge in [0.2, 0.25) is 17.7 Å². The molecule has 0 unspecified atom stereocenters. The Bertz CT molecular complexity index is 880. The van der Waals surface area contributed by atoms with E-state index in [1.807, 2.05) is 6.92 Å². The van der Waals surface area contributed by atoms with Crippen LogP contribution in [0.1, 0.15) is 33.1 Å². The molecule has 0 saturated heterocycles. The molecule has 1 heterocycles. The van der Waals surface area contributed by atoms with Crippen LogP contribution in [-0.4, -0.2) is 47.5 Å². The molecular formula is C18H24ClN3O4S. The molecule has 148 valence electrons. The molecule has 0 saturated carbocycles. The molecule has 0 spiro atoms. The lowest BCUT2D eigenvalue weighted by atomic mass is 10.2. The van der Waals surface area contributed by atoms with Crippen molar-refractivity contribution in [3.8, 4) is 11.5 Å². The van der Waals surface area contributed by atoms with Gasteiger partial charge in [0.25, 0.3) is 0 Å². The maximum atomic E-state index is 12.5. The van der Waals surface area contributed by atoms with Crippen molar-refractivity contribution in [1.29, 1.82) is 0 Å². The van der Waals surface area contributed by atoms with Crippen LogP contribution in [0.2, 0.25) is 5.02 Å². The first-order valence-electron chi connectivity index (χ1n) is 8.77. The number of rotatable bonds is 9. The van der Waals surface area contributed by atoms with Gasteiger partial charge in [0.15, 0.2) is 9.84 Å². The average molecular weight is 414 g/mol. The van der Waals surface area contributed by atoms with Crippen molar-refractivity contribution in [2.45, 2.75) is 33.7 Å². The fraction of sp³-hybridized carbons (Fsp3) is 0.500. The molecule has 9 heteroatoms. The van der Waals surface area contributed by atoms with Crippen molar-refractivity contribution in [3.63, 3.8) is 0 Å². The van der Waals surface area contributed by atoms with Gasteiger partial charge in [-0.15, -0.1) is 10.2 Å². The molecule has 0 atom stereocenters. The maximum absolute atomic E-state index is 12.5. The molecule has 1 aromatic heterocycles. The molecule has 2 rings (SSSR count). The van der Waals surface area contributed by atoms with Crippen molar-refractivity contribution in [3.05, 3.63) is 35.2 Å². The minimum Gasteiger partial charge on any atom is -0.419 e. The normalized spacial score (nSPS) is 11.7. The summed E-state index contributed by atoms with van der Waals surface area (Å²) in [4.78, 5) is 13.9. The number of sulfone groups is 1. The van der Waals surface area contributed by atoms with Gasteiger partial charge in [0.1, 0.15) is 5.75 Å². The summed E-state index contributed by atoms with van der Waals surface area (Å²) in [5.74, 6) is -0.543. The molecule has 2 aromatic rings. The van der Waals surface area contributed by atoms with Gasteiger partial charge in [-0.05, 0) is 24.5 Å². The Balaban J connectivity index is 2.12. The topological polar surface area (TPSA) is 93.4 Å². The Morgan fingerprint density at radius 3 is 2.59 bits per heavy atom. The van der Waals surface area contributed by atoms with Gasteiger partial charge in [-0.1, -0.05) is 44.5 Å². The van der Waals surface area contributed by atoms with E-state index in [0.717, 1.165) is 0 Å². The van der Waals surface area contributed by atoms with Crippen LogP contribution in [0, 0.1) is 5.92 Å². The molecule has 0 N–H and O–H groups in total. The molecule has 0 bridgehead atoms. The number of hydrogen-bond donors (Lipinski definition) is 0. The van der Waals surface area contributed by atoms with E-state index in [-0.39, 0.29) is 30.0 Å². The Hall–Kier alpha value is -1.93. The van der Waals surface area contributed by atoms with Crippen LogP contribution in [-0.2, 0) is 21.2 Å². The lowest BCUT2D eigenvalue weighted by molar-refractivity contribution is -0.129. The van der Waals surface area contributed by atoms with Crippen molar-refractivity contribution in [2.24, 2.45) is 5.92 Å². The summed E-state index contributed by atoms with van der Waals surface area (Å²) >= 11 is 6.13. The summed E-state index contributed by atoms with van der Waals surface area (Å²) in [5, 5.41) is 8.42. The average Bonchev–Trinajstić information content (AvgIpc) is 3.01. The third-order valence-corrected chi connectivity index (χ3v) is 5.87. The minimum atomic E-state index is -3.45. The third kappa shape index (κ3) is 6.32. The molecule has 27 heavy (non-hydrogen) atoms. The lowest BCUT2D eigenvalue weighted by Gasteiger charge is -2.20. The number of halogens is 1. The highest BCUT2D eigenvalue weighted by atomic mass is 35.5. The quantitative estimate of drug-likeness (QED) is 0.626. The number of benzene rings is 1. The smallest absolute Gasteiger partial charge is 0.249 e. The number of nitrogens with zero attached hydrogens (tertiary/aromatic N) is 3. The minimum absolute atomic E-state index is 0.0179. The first kappa shape index (κ1) is 21.4. The van der Waals surface area contributed by atoms with Gasteiger partial charge in [0.05, 0.1) is 22.9 Å². The lowest BCUT2D eigenvalue weighted by Crippen LogP contribution is -2.37. The summed E-state index contributed by atoms with van der Waals surface area (Å²) in [6, 6.07) is 7.07. The SMILES string of the molecule is CCCN(Cc1nnc(-c2ccccc2Cl)o1)C(=O)CS(=O)(=O)CC(C)C. The Kier molecular flexibility index (Phi) is 7.38. The highest BCUT2D eigenvalue weighted by molar-refractivity contribution is 7.92. The summed E-state index contributed by atoms with van der Waals surface area (Å²) in [6.07, 6.45) is 0.682. The summed E-state index contributed by atoms with van der Waals surface area (Å²) in [6.45, 7) is 5.98. The van der Waals surface area contributed by atoms with Crippen LogP contribution in [0.4, 0.5) is 0 Å². The zero-order valence-corrected chi connectivity index (χ0v) is 17.3. The number of aromatic nitrogens is 2.